The largest absolute Gasteiger partial charge is 0.301 e. The Morgan fingerprint density at radius 3 is 2.50 bits per heavy atom. The van der Waals surface area contributed by atoms with E-state index in [1.165, 1.54) is 35.2 Å². The normalized spacial score (nSPS) is 11.4. The standard InChI is InChI=1S/C18H18N4O3S3/c1-18(2,3)14-9-27-17(20-14)28-10-15(23)21-16-19-13(8-26-16)11-4-6-12(7-5-11)22(24)25/h4-9H,10H2,1-3H3,(H,19,21,23). The van der Waals surface area contributed by atoms with Crippen LogP contribution in [-0.4, -0.2) is 26.6 Å². The zero-order valence-electron chi connectivity index (χ0n) is 15.5. The number of carbonyl (C=O) groups is 1. The Balaban J connectivity index is 1.56. The zero-order chi connectivity index (χ0) is 20.3. The molecule has 0 fully saturated rings. The Labute approximate surface area is 174 Å². The molecule has 0 spiro atoms. The highest BCUT2D eigenvalue weighted by Crippen LogP contribution is 2.30. The van der Waals surface area contributed by atoms with Crippen LogP contribution in [0.4, 0.5) is 10.8 Å². The van der Waals surface area contributed by atoms with Crippen LogP contribution in [0.3, 0.4) is 0 Å². The third kappa shape index (κ3) is 5.15. The molecule has 2 aromatic heterocycles. The van der Waals surface area contributed by atoms with Gasteiger partial charge in [-0.2, -0.15) is 0 Å². The molecule has 10 heteroatoms. The number of rotatable bonds is 6. The van der Waals surface area contributed by atoms with Gasteiger partial charge in [-0.3, -0.25) is 14.9 Å². The highest BCUT2D eigenvalue weighted by atomic mass is 32.2. The van der Waals surface area contributed by atoms with Crippen molar-refractivity contribution in [2.45, 2.75) is 30.5 Å². The summed E-state index contributed by atoms with van der Waals surface area (Å²) in [6.07, 6.45) is 0. The minimum Gasteiger partial charge on any atom is -0.301 e. The first-order valence-corrected chi connectivity index (χ1v) is 11.1. The number of thioether (sulfide) groups is 1. The summed E-state index contributed by atoms with van der Waals surface area (Å²) in [7, 11) is 0. The molecule has 0 radical (unpaired) electrons. The minimum absolute atomic E-state index is 0.00722. The fourth-order valence-electron chi connectivity index (χ4n) is 2.17. The van der Waals surface area contributed by atoms with Crippen molar-refractivity contribution < 1.29 is 9.72 Å². The maximum atomic E-state index is 12.2. The van der Waals surface area contributed by atoms with Gasteiger partial charge >= 0.3 is 0 Å². The van der Waals surface area contributed by atoms with Crippen molar-refractivity contribution >= 4 is 51.2 Å². The van der Waals surface area contributed by atoms with Crippen molar-refractivity contribution in [2.24, 2.45) is 0 Å². The average Bonchev–Trinajstić information content (AvgIpc) is 3.29. The number of hydrogen-bond acceptors (Lipinski definition) is 8. The average molecular weight is 435 g/mol. The first-order chi connectivity index (χ1) is 13.2. The number of hydrogen-bond donors (Lipinski definition) is 1. The van der Waals surface area contributed by atoms with Crippen LogP contribution in [0.15, 0.2) is 39.4 Å². The summed E-state index contributed by atoms with van der Waals surface area (Å²) in [5, 5.41) is 17.8. The lowest BCUT2D eigenvalue weighted by atomic mass is 9.93. The highest BCUT2D eigenvalue weighted by Gasteiger charge is 2.18. The van der Waals surface area contributed by atoms with Crippen LogP contribution in [0.5, 0.6) is 0 Å². The van der Waals surface area contributed by atoms with E-state index < -0.39 is 4.92 Å². The lowest BCUT2D eigenvalue weighted by molar-refractivity contribution is -0.384. The number of benzene rings is 1. The van der Waals surface area contributed by atoms with Gasteiger partial charge in [-0.05, 0) is 12.1 Å². The number of carbonyl (C=O) groups excluding carboxylic acids is 1. The minimum atomic E-state index is -0.443. The van der Waals surface area contributed by atoms with Gasteiger partial charge in [-0.15, -0.1) is 22.7 Å². The maximum absolute atomic E-state index is 12.2. The molecular formula is C18H18N4O3S3. The molecule has 2 heterocycles. The molecule has 7 nitrogen and oxygen atoms in total. The van der Waals surface area contributed by atoms with E-state index in [4.69, 9.17) is 0 Å². The number of nitrogens with zero attached hydrogens (tertiary/aromatic N) is 3. The Kier molecular flexibility index (Phi) is 6.11. The molecule has 1 aromatic carbocycles. The molecule has 28 heavy (non-hydrogen) atoms. The predicted molar refractivity (Wildman–Crippen MR) is 114 cm³/mol. The number of aromatic nitrogens is 2. The first kappa shape index (κ1) is 20.4. The van der Waals surface area contributed by atoms with E-state index in [1.807, 2.05) is 5.38 Å². The van der Waals surface area contributed by atoms with Gasteiger partial charge < -0.3 is 5.32 Å². The maximum Gasteiger partial charge on any atom is 0.269 e. The van der Waals surface area contributed by atoms with Gasteiger partial charge in [0.1, 0.15) is 0 Å². The summed E-state index contributed by atoms with van der Waals surface area (Å²) in [5.41, 5.74) is 2.47. The number of nitrogens with one attached hydrogen (secondary N) is 1. The first-order valence-electron chi connectivity index (χ1n) is 8.31. The second-order valence-electron chi connectivity index (χ2n) is 6.93. The molecule has 0 aliphatic carbocycles. The van der Waals surface area contributed by atoms with E-state index >= 15 is 0 Å². The van der Waals surface area contributed by atoms with Gasteiger partial charge in [-0.1, -0.05) is 32.5 Å². The van der Waals surface area contributed by atoms with Crippen molar-refractivity contribution in [3.8, 4) is 11.3 Å². The molecule has 1 amide bonds. The van der Waals surface area contributed by atoms with Crippen molar-refractivity contribution in [1.29, 1.82) is 0 Å². The van der Waals surface area contributed by atoms with E-state index in [1.54, 1.807) is 28.8 Å². The lowest BCUT2D eigenvalue weighted by Gasteiger charge is -2.14. The zero-order valence-corrected chi connectivity index (χ0v) is 17.9. The number of amides is 1. The van der Waals surface area contributed by atoms with Crippen LogP contribution in [0.25, 0.3) is 11.3 Å². The fourth-order valence-corrected chi connectivity index (χ4v) is 4.76. The SMILES string of the molecule is CC(C)(C)c1csc(SCC(=O)Nc2nc(-c3ccc([N+](=O)[O-])cc3)cs2)n1. The second kappa shape index (κ2) is 8.38. The molecule has 0 aliphatic rings. The van der Waals surface area contributed by atoms with E-state index in [0.29, 0.717) is 10.8 Å². The molecule has 1 N–H and O–H groups in total. The smallest absolute Gasteiger partial charge is 0.269 e. The molecular weight excluding hydrogens is 416 g/mol. The van der Waals surface area contributed by atoms with E-state index in [2.05, 4.69) is 36.1 Å². The molecule has 0 saturated carbocycles. The molecule has 0 unspecified atom stereocenters. The van der Waals surface area contributed by atoms with Crippen molar-refractivity contribution in [1.82, 2.24) is 9.97 Å². The molecule has 0 atom stereocenters. The number of nitro benzene ring substituents is 1. The Hall–Kier alpha value is -2.30. The molecule has 3 aromatic rings. The highest BCUT2D eigenvalue weighted by molar-refractivity contribution is 8.01. The van der Waals surface area contributed by atoms with Gasteiger partial charge in [0.05, 0.1) is 22.1 Å². The molecule has 0 bridgehead atoms. The van der Waals surface area contributed by atoms with Crippen LogP contribution in [0.1, 0.15) is 26.5 Å². The van der Waals surface area contributed by atoms with Crippen molar-refractivity contribution in [3.63, 3.8) is 0 Å². The van der Waals surface area contributed by atoms with Crippen molar-refractivity contribution in [3.05, 3.63) is 50.8 Å². The van der Waals surface area contributed by atoms with E-state index in [9.17, 15) is 14.9 Å². The number of thiazole rings is 2. The van der Waals surface area contributed by atoms with Gasteiger partial charge in [0.25, 0.3) is 5.69 Å². The predicted octanol–water partition coefficient (Wildman–Crippen LogP) is 5.20. The van der Waals surface area contributed by atoms with Crippen LogP contribution in [-0.2, 0) is 10.2 Å². The Morgan fingerprint density at radius 1 is 1.18 bits per heavy atom. The summed E-state index contributed by atoms with van der Waals surface area (Å²) in [4.78, 5) is 31.4. The Bertz CT molecular complexity index is 990. The van der Waals surface area contributed by atoms with Crippen molar-refractivity contribution in [2.75, 3.05) is 11.1 Å². The third-order valence-electron chi connectivity index (χ3n) is 3.70. The number of nitro groups is 1. The van der Waals surface area contributed by atoms with Crippen LogP contribution in [0.2, 0.25) is 0 Å². The van der Waals surface area contributed by atoms with Gasteiger partial charge in [0.2, 0.25) is 5.91 Å². The summed E-state index contributed by atoms with van der Waals surface area (Å²) in [6, 6.07) is 6.15. The Morgan fingerprint density at radius 2 is 1.89 bits per heavy atom. The lowest BCUT2D eigenvalue weighted by Crippen LogP contribution is -2.14. The van der Waals surface area contributed by atoms with Crippen LogP contribution >= 0.6 is 34.4 Å². The van der Waals surface area contributed by atoms with E-state index in [-0.39, 0.29) is 22.8 Å². The van der Waals surface area contributed by atoms with Crippen LogP contribution < -0.4 is 5.32 Å². The summed E-state index contributed by atoms with van der Waals surface area (Å²) >= 11 is 4.25. The number of non-ortho nitro benzene ring substituents is 1. The molecule has 0 saturated heterocycles. The fraction of sp³-hybridized carbons (Fsp3) is 0.278. The van der Waals surface area contributed by atoms with E-state index in [0.717, 1.165) is 15.6 Å². The van der Waals surface area contributed by atoms with Gasteiger partial charge in [0, 0.05) is 33.9 Å². The van der Waals surface area contributed by atoms with Gasteiger partial charge in [-0.25, -0.2) is 9.97 Å². The molecule has 3 rings (SSSR count). The van der Waals surface area contributed by atoms with Gasteiger partial charge in [0.15, 0.2) is 9.47 Å². The summed E-state index contributed by atoms with van der Waals surface area (Å²) in [6.45, 7) is 6.32. The number of anilines is 1. The summed E-state index contributed by atoms with van der Waals surface area (Å²) < 4.78 is 0.866. The summed E-state index contributed by atoms with van der Waals surface area (Å²) in [5.74, 6) is 0.103. The molecule has 0 aliphatic heterocycles. The second-order valence-corrected chi connectivity index (χ2v) is 9.87. The van der Waals surface area contributed by atoms with Crippen LogP contribution in [0, 0.1) is 10.1 Å². The monoisotopic (exact) mass is 434 g/mol. The topological polar surface area (TPSA) is 98.0 Å². The molecule has 146 valence electrons. The quantitative estimate of drug-likeness (QED) is 0.325. The third-order valence-corrected chi connectivity index (χ3v) is 6.48.